The van der Waals surface area contributed by atoms with Gasteiger partial charge in [0.05, 0.1) is 5.25 Å². The van der Waals surface area contributed by atoms with Gasteiger partial charge in [-0.25, -0.2) is 13.4 Å². The van der Waals surface area contributed by atoms with Crippen molar-refractivity contribution in [3.8, 4) is 0 Å². The maximum absolute atomic E-state index is 11.1. The van der Waals surface area contributed by atoms with Crippen molar-refractivity contribution in [2.24, 2.45) is 0 Å². The lowest BCUT2D eigenvalue weighted by Crippen LogP contribution is -2.54. The molecule has 0 unspecified atom stereocenters. The monoisotopic (exact) mass is 291 g/mol. The third kappa shape index (κ3) is 4.26. The molecule has 1 aromatic heterocycles. The second-order valence-corrected chi connectivity index (χ2v) is 7.05. The summed E-state index contributed by atoms with van der Waals surface area (Å²) in [6.45, 7) is 3.77. The Morgan fingerprint density at radius 2 is 2.28 bits per heavy atom. The fourth-order valence-electron chi connectivity index (χ4n) is 1.32. The molecule has 18 heavy (non-hydrogen) atoms. The summed E-state index contributed by atoms with van der Waals surface area (Å²) in [5, 5.41) is 5.04. The predicted octanol–water partition coefficient (Wildman–Crippen LogP) is 0.129. The molecule has 0 radical (unpaired) electrons. The number of aromatic nitrogens is 1. The summed E-state index contributed by atoms with van der Waals surface area (Å²) in [5.74, 6) is 0. The van der Waals surface area contributed by atoms with Crippen LogP contribution in [0.4, 0.5) is 5.13 Å². The van der Waals surface area contributed by atoms with Crippen molar-refractivity contribution in [1.82, 2.24) is 10.3 Å². The van der Waals surface area contributed by atoms with Crippen LogP contribution in [0.3, 0.4) is 0 Å². The van der Waals surface area contributed by atoms with Gasteiger partial charge in [0.2, 0.25) is 6.41 Å². The van der Waals surface area contributed by atoms with Crippen molar-refractivity contribution >= 4 is 32.7 Å². The Kier molecular flexibility index (Phi) is 5.54. The van der Waals surface area contributed by atoms with E-state index >= 15 is 0 Å². The van der Waals surface area contributed by atoms with Crippen LogP contribution in [-0.2, 0) is 14.6 Å². The highest BCUT2D eigenvalue weighted by atomic mass is 32.2. The molecule has 1 fully saturated rings. The number of hydrogen-bond acceptors (Lipinski definition) is 6. The second kappa shape index (κ2) is 6.69. The Labute approximate surface area is 111 Å². The molecule has 1 aromatic rings. The first-order valence-electron chi connectivity index (χ1n) is 5.49. The lowest BCUT2D eigenvalue weighted by atomic mass is 10.2. The van der Waals surface area contributed by atoms with E-state index in [0.29, 0.717) is 19.5 Å². The van der Waals surface area contributed by atoms with Crippen LogP contribution < -0.4 is 10.2 Å². The Morgan fingerprint density at radius 3 is 2.61 bits per heavy atom. The SMILES string of the molecule is CCNC=O.CS(=O)(=O)C1CN(c2nccs2)C1. The van der Waals surface area contributed by atoms with Gasteiger partial charge in [0.25, 0.3) is 0 Å². The highest BCUT2D eigenvalue weighted by molar-refractivity contribution is 7.91. The molecule has 2 heterocycles. The number of sulfone groups is 1. The largest absolute Gasteiger partial charge is 0.359 e. The molecule has 6 nitrogen and oxygen atoms in total. The van der Waals surface area contributed by atoms with Gasteiger partial charge in [-0.1, -0.05) is 0 Å². The number of rotatable bonds is 4. The summed E-state index contributed by atoms with van der Waals surface area (Å²) in [5.41, 5.74) is 0. The lowest BCUT2D eigenvalue weighted by Gasteiger charge is -2.37. The molecule has 0 aliphatic carbocycles. The number of thiazole rings is 1. The average Bonchev–Trinajstić information content (AvgIpc) is 2.68. The first kappa shape index (κ1) is 14.9. The van der Waals surface area contributed by atoms with Crippen molar-refractivity contribution in [2.45, 2.75) is 12.2 Å². The minimum Gasteiger partial charge on any atom is -0.359 e. The molecule has 102 valence electrons. The predicted molar refractivity (Wildman–Crippen MR) is 72.7 cm³/mol. The van der Waals surface area contributed by atoms with Crippen LogP contribution in [0.15, 0.2) is 11.6 Å². The second-order valence-electron chi connectivity index (χ2n) is 3.85. The van der Waals surface area contributed by atoms with Crippen LogP contribution in [0.1, 0.15) is 6.92 Å². The van der Waals surface area contributed by atoms with Crippen molar-refractivity contribution in [3.63, 3.8) is 0 Å². The van der Waals surface area contributed by atoms with Gasteiger partial charge in [-0.15, -0.1) is 11.3 Å². The molecule has 1 aliphatic rings. The fraction of sp³-hybridized carbons (Fsp3) is 0.600. The van der Waals surface area contributed by atoms with Crippen LogP contribution in [0.5, 0.6) is 0 Å². The zero-order valence-corrected chi connectivity index (χ0v) is 12.0. The Hall–Kier alpha value is -1.15. The maximum Gasteiger partial charge on any atom is 0.207 e. The van der Waals surface area contributed by atoms with E-state index in [9.17, 15) is 13.2 Å². The van der Waals surface area contributed by atoms with Gasteiger partial charge in [-0.2, -0.15) is 0 Å². The van der Waals surface area contributed by atoms with Crippen LogP contribution in [0, 0.1) is 0 Å². The molecule has 2 rings (SSSR count). The third-order valence-corrected chi connectivity index (χ3v) is 4.77. The van der Waals surface area contributed by atoms with Gasteiger partial charge in [-0.3, -0.25) is 4.79 Å². The van der Waals surface area contributed by atoms with Crippen LogP contribution >= 0.6 is 11.3 Å². The van der Waals surface area contributed by atoms with Crippen molar-refractivity contribution in [1.29, 1.82) is 0 Å². The number of nitrogens with one attached hydrogen (secondary N) is 1. The smallest absolute Gasteiger partial charge is 0.207 e. The van der Waals surface area contributed by atoms with Gasteiger partial charge < -0.3 is 10.2 Å². The normalized spacial score (nSPS) is 15.3. The van der Waals surface area contributed by atoms with E-state index in [0.717, 1.165) is 11.7 Å². The van der Waals surface area contributed by atoms with Crippen molar-refractivity contribution < 1.29 is 13.2 Å². The van der Waals surface area contributed by atoms with Crippen molar-refractivity contribution in [2.75, 3.05) is 30.8 Å². The molecule has 1 amide bonds. The molecule has 1 N–H and O–H groups in total. The number of hydrogen-bond donors (Lipinski definition) is 1. The van der Waals surface area contributed by atoms with Crippen LogP contribution in [0.25, 0.3) is 0 Å². The maximum atomic E-state index is 11.1. The zero-order valence-electron chi connectivity index (χ0n) is 10.4. The number of amides is 1. The number of anilines is 1. The molecule has 0 atom stereocenters. The lowest BCUT2D eigenvalue weighted by molar-refractivity contribution is -0.109. The summed E-state index contributed by atoms with van der Waals surface area (Å²) in [6, 6.07) is 0. The minimum absolute atomic E-state index is 0.198. The van der Waals surface area contributed by atoms with E-state index < -0.39 is 9.84 Å². The molecular formula is C10H17N3O3S2. The van der Waals surface area contributed by atoms with Gasteiger partial charge in [-0.05, 0) is 6.92 Å². The number of carbonyl (C=O) groups is 1. The Bertz CT molecular complexity index is 453. The van der Waals surface area contributed by atoms with E-state index in [-0.39, 0.29) is 5.25 Å². The minimum atomic E-state index is -2.85. The summed E-state index contributed by atoms with van der Waals surface area (Å²) < 4.78 is 22.2. The molecule has 1 aliphatic heterocycles. The summed E-state index contributed by atoms with van der Waals surface area (Å²) in [7, 11) is -2.85. The summed E-state index contributed by atoms with van der Waals surface area (Å²) in [4.78, 5) is 15.4. The highest BCUT2D eigenvalue weighted by Gasteiger charge is 2.35. The van der Waals surface area contributed by atoms with Crippen molar-refractivity contribution in [3.05, 3.63) is 11.6 Å². The molecule has 1 saturated heterocycles. The highest BCUT2D eigenvalue weighted by Crippen LogP contribution is 2.25. The Morgan fingerprint density at radius 1 is 1.61 bits per heavy atom. The summed E-state index contributed by atoms with van der Waals surface area (Å²) >= 11 is 1.54. The van der Waals surface area contributed by atoms with Gasteiger partial charge in [0.15, 0.2) is 15.0 Å². The van der Waals surface area contributed by atoms with E-state index in [2.05, 4.69) is 10.3 Å². The topological polar surface area (TPSA) is 79.4 Å². The quantitative estimate of drug-likeness (QED) is 0.798. The molecule has 0 bridgehead atoms. The summed E-state index contributed by atoms with van der Waals surface area (Å²) in [6.07, 6.45) is 3.70. The standard InChI is InChI=1S/C7H10N2O2S2.C3H7NO/c1-13(10,11)6-4-9(5-6)7-8-2-3-12-7;1-2-4-3-5/h2-3,6H,4-5H2,1H3;3H,2H2,1H3,(H,4,5). The fourth-order valence-corrected chi connectivity index (χ4v) is 2.89. The first-order chi connectivity index (χ1) is 8.49. The molecular weight excluding hydrogens is 274 g/mol. The van der Waals surface area contributed by atoms with Crippen LogP contribution in [-0.4, -0.2) is 51.0 Å². The Balaban J connectivity index is 0.000000280. The number of carbonyl (C=O) groups excluding carboxylic acids is 1. The molecule has 0 saturated carbocycles. The average molecular weight is 291 g/mol. The van der Waals surface area contributed by atoms with Gasteiger partial charge >= 0.3 is 0 Å². The van der Waals surface area contributed by atoms with E-state index in [4.69, 9.17) is 0 Å². The molecule has 8 heteroatoms. The zero-order chi connectivity index (χ0) is 13.6. The molecule has 0 aromatic carbocycles. The first-order valence-corrected chi connectivity index (χ1v) is 8.32. The molecule has 0 spiro atoms. The van der Waals surface area contributed by atoms with E-state index in [1.807, 2.05) is 17.2 Å². The van der Waals surface area contributed by atoms with Gasteiger partial charge in [0, 0.05) is 37.5 Å². The van der Waals surface area contributed by atoms with Gasteiger partial charge in [0.1, 0.15) is 0 Å². The van der Waals surface area contributed by atoms with E-state index in [1.54, 1.807) is 6.20 Å². The number of nitrogens with zero attached hydrogens (tertiary/aromatic N) is 2. The van der Waals surface area contributed by atoms with Crippen LogP contribution in [0.2, 0.25) is 0 Å². The van der Waals surface area contributed by atoms with E-state index in [1.165, 1.54) is 17.6 Å². The third-order valence-electron chi connectivity index (χ3n) is 2.43.